The number of halogens is 1. The molecule has 1 amide bonds. The van der Waals surface area contributed by atoms with Crippen LogP contribution in [0.5, 0.6) is 0 Å². The third kappa shape index (κ3) is 2.18. The molecule has 1 saturated carbocycles. The summed E-state index contributed by atoms with van der Waals surface area (Å²) in [6, 6.07) is 1.56. The predicted molar refractivity (Wildman–Crippen MR) is 79.5 cm³/mol. The van der Waals surface area contributed by atoms with Crippen molar-refractivity contribution in [3.8, 4) is 0 Å². The van der Waals surface area contributed by atoms with E-state index >= 15 is 0 Å². The Hall–Kier alpha value is 0.120. The van der Waals surface area contributed by atoms with Gasteiger partial charge in [0.15, 0.2) is 0 Å². The van der Waals surface area contributed by atoms with Crippen molar-refractivity contribution in [1.82, 2.24) is 12.9 Å². The summed E-state index contributed by atoms with van der Waals surface area (Å²) in [5, 5.41) is 0. The Bertz CT molecular complexity index is 356. The standard InChI is InChI=1S/C13H22IN3O/c1-10-7-13(8-12(13)17(10)14)9-15-3-5-16(6-4-15)11(2)18/h10,12H,3-9H2,1-2H3/t10-,12+,13-/m1/s1. The lowest BCUT2D eigenvalue weighted by atomic mass is 9.99. The van der Waals surface area contributed by atoms with Crippen molar-refractivity contribution in [3.05, 3.63) is 0 Å². The molecule has 0 aromatic heterocycles. The summed E-state index contributed by atoms with van der Waals surface area (Å²) in [4.78, 5) is 15.9. The zero-order chi connectivity index (χ0) is 12.9. The van der Waals surface area contributed by atoms with Crippen molar-refractivity contribution < 1.29 is 4.79 Å². The van der Waals surface area contributed by atoms with Gasteiger partial charge in [0.2, 0.25) is 5.91 Å². The second kappa shape index (κ2) is 4.59. The van der Waals surface area contributed by atoms with Gasteiger partial charge in [0.25, 0.3) is 0 Å². The molecule has 0 unspecified atom stereocenters. The number of rotatable bonds is 2. The minimum atomic E-state index is 0.227. The number of piperazine rings is 1. The Labute approximate surface area is 123 Å². The van der Waals surface area contributed by atoms with Crippen molar-refractivity contribution in [2.45, 2.75) is 38.8 Å². The van der Waals surface area contributed by atoms with E-state index < -0.39 is 0 Å². The van der Waals surface area contributed by atoms with E-state index in [9.17, 15) is 4.79 Å². The molecule has 0 aromatic rings. The minimum Gasteiger partial charge on any atom is -0.340 e. The van der Waals surface area contributed by atoms with Crippen LogP contribution < -0.4 is 0 Å². The van der Waals surface area contributed by atoms with Gasteiger partial charge < -0.3 is 4.90 Å². The van der Waals surface area contributed by atoms with Gasteiger partial charge >= 0.3 is 0 Å². The number of fused-ring (bicyclic) bond motifs is 1. The highest BCUT2D eigenvalue weighted by molar-refractivity contribution is 14.1. The molecule has 3 atom stereocenters. The first kappa shape index (κ1) is 13.1. The molecule has 3 aliphatic rings. The molecule has 102 valence electrons. The van der Waals surface area contributed by atoms with Gasteiger partial charge in [0.05, 0.1) is 0 Å². The Morgan fingerprint density at radius 3 is 2.44 bits per heavy atom. The third-order valence-corrected chi connectivity index (χ3v) is 6.55. The second-order valence-electron chi connectivity index (χ2n) is 6.26. The molecule has 0 spiro atoms. The van der Waals surface area contributed by atoms with Crippen molar-refractivity contribution in [2.75, 3.05) is 32.7 Å². The van der Waals surface area contributed by atoms with Crippen LogP contribution in [0.2, 0.25) is 0 Å². The lowest BCUT2D eigenvalue weighted by molar-refractivity contribution is -0.130. The summed E-state index contributed by atoms with van der Waals surface area (Å²) in [5.41, 5.74) is 0.582. The van der Waals surface area contributed by atoms with Gasteiger partial charge in [-0.1, -0.05) is 0 Å². The van der Waals surface area contributed by atoms with Gasteiger partial charge in [-0.3, -0.25) is 9.69 Å². The van der Waals surface area contributed by atoms with Gasteiger partial charge in [-0.2, -0.15) is 0 Å². The summed E-state index contributed by atoms with van der Waals surface area (Å²) < 4.78 is 2.53. The highest BCUT2D eigenvalue weighted by Gasteiger charge is 2.63. The van der Waals surface area contributed by atoms with E-state index in [1.807, 2.05) is 4.90 Å². The quantitative estimate of drug-likeness (QED) is 0.548. The molecule has 2 heterocycles. The predicted octanol–water partition coefficient (Wildman–Crippen LogP) is 1.35. The lowest BCUT2D eigenvalue weighted by Crippen LogP contribution is -2.49. The normalized spacial score (nSPS) is 40.9. The first-order chi connectivity index (χ1) is 8.52. The van der Waals surface area contributed by atoms with Gasteiger partial charge in [-0.25, -0.2) is 3.11 Å². The second-order valence-corrected chi connectivity index (χ2v) is 7.38. The molecule has 4 nitrogen and oxygen atoms in total. The number of piperidine rings is 1. The van der Waals surface area contributed by atoms with E-state index in [1.54, 1.807) is 6.92 Å². The summed E-state index contributed by atoms with van der Waals surface area (Å²) in [5.74, 6) is 0.227. The van der Waals surface area contributed by atoms with E-state index in [0.717, 1.165) is 38.3 Å². The number of nitrogens with zero attached hydrogens (tertiary/aromatic N) is 3. The van der Waals surface area contributed by atoms with Gasteiger partial charge in [0, 0.05) is 80.0 Å². The Morgan fingerprint density at radius 2 is 1.94 bits per heavy atom. The molecule has 1 aliphatic carbocycles. The molecule has 0 bridgehead atoms. The van der Waals surface area contributed by atoms with Crippen LogP contribution in [0.4, 0.5) is 0 Å². The first-order valence-electron chi connectivity index (χ1n) is 6.94. The van der Waals surface area contributed by atoms with Crippen molar-refractivity contribution >= 4 is 28.8 Å². The maximum absolute atomic E-state index is 11.3. The molecule has 5 heteroatoms. The fraction of sp³-hybridized carbons (Fsp3) is 0.923. The average Bonchev–Trinajstić information content (AvgIpc) is 2.96. The number of carbonyl (C=O) groups is 1. The highest BCUT2D eigenvalue weighted by Crippen LogP contribution is 2.61. The number of hydrogen-bond donors (Lipinski definition) is 0. The van der Waals surface area contributed by atoms with Gasteiger partial charge in [-0.05, 0) is 19.8 Å². The monoisotopic (exact) mass is 363 g/mol. The Kier molecular flexibility index (Phi) is 3.35. The van der Waals surface area contributed by atoms with E-state index in [4.69, 9.17) is 0 Å². The number of hydrogen-bond acceptors (Lipinski definition) is 3. The smallest absolute Gasteiger partial charge is 0.219 e. The topological polar surface area (TPSA) is 26.8 Å². The zero-order valence-electron chi connectivity index (χ0n) is 11.2. The van der Waals surface area contributed by atoms with E-state index in [2.05, 4.69) is 37.8 Å². The maximum atomic E-state index is 11.3. The van der Waals surface area contributed by atoms with Gasteiger partial charge in [-0.15, -0.1) is 0 Å². The fourth-order valence-electron chi connectivity index (χ4n) is 3.78. The molecule has 0 aromatic carbocycles. The summed E-state index contributed by atoms with van der Waals surface area (Å²) >= 11 is 2.50. The maximum Gasteiger partial charge on any atom is 0.219 e. The SMILES string of the molecule is CC(=O)N1CCN(C[C@]23C[C@@H](C)N(I)[C@H]2C3)CC1. The molecule has 0 N–H and O–H groups in total. The Balaban J connectivity index is 1.53. The number of amides is 1. The molecule has 3 fully saturated rings. The van der Waals surface area contributed by atoms with Crippen LogP contribution in [0.25, 0.3) is 0 Å². The van der Waals surface area contributed by atoms with Crippen LogP contribution in [0.15, 0.2) is 0 Å². The average molecular weight is 363 g/mol. The first-order valence-corrected chi connectivity index (χ1v) is 7.90. The minimum absolute atomic E-state index is 0.227. The van der Waals surface area contributed by atoms with E-state index in [0.29, 0.717) is 5.41 Å². The van der Waals surface area contributed by atoms with Crippen LogP contribution in [-0.2, 0) is 4.79 Å². The van der Waals surface area contributed by atoms with Crippen LogP contribution in [0.1, 0.15) is 26.7 Å². The molecule has 2 aliphatic heterocycles. The van der Waals surface area contributed by atoms with E-state index in [-0.39, 0.29) is 5.91 Å². The van der Waals surface area contributed by atoms with Crippen molar-refractivity contribution in [2.24, 2.45) is 5.41 Å². The molecule has 2 saturated heterocycles. The third-order valence-electron chi connectivity index (χ3n) is 4.92. The van der Waals surface area contributed by atoms with Crippen LogP contribution in [-0.4, -0.2) is 63.6 Å². The van der Waals surface area contributed by atoms with Gasteiger partial charge in [0.1, 0.15) is 0 Å². The molecule has 0 radical (unpaired) electrons. The molecular formula is C13H22IN3O. The van der Waals surface area contributed by atoms with Crippen molar-refractivity contribution in [1.29, 1.82) is 0 Å². The molecule has 3 rings (SSSR count). The summed E-state index contributed by atoms with van der Waals surface area (Å²) in [7, 11) is 0. The fourth-order valence-corrected chi connectivity index (χ4v) is 4.76. The summed E-state index contributed by atoms with van der Waals surface area (Å²) in [6.07, 6.45) is 2.74. The molecular weight excluding hydrogens is 341 g/mol. The van der Waals surface area contributed by atoms with Crippen molar-refractivity contribution in [3.63, 3.8) is 0 Å². The molecule has 18 heavy (non-hydrogen) atoms. The number of carbonyl (C=O) groups excluding carboxylic acids is 1. The largest absolute Gasteiger partial charge is 0.340 e. The summed E-state index contributed by atoms with van der Waals surface area (Å²) in [6.45, 7) is 9.21. The Morgan fingerprint density at radius 1 is 1.28 bits per heavy atom. The van der Waals surface area contributed by atoms with Crippen LogP contribution >= 0.6 is 22.9 Å². The highest BCUT2D eigenvalue weighted by atomic mass is 127. The lowest BCUT2D eigenvalue weighted by Gasteiger charge is -2.36. The van der Waals surface area contributed by atoms with E-state index in [1.165, 1.54) is 19.4 Å². The zero-order valence-corrected chi connectivity index (χ0v) is 13.4. The van der Waals surface area contributed by atoms with Crippen LogP contribution in [0.3, 0.4) is 0 Å². The van der Waals surface area contributed by atoms with Crippen LogP contribution in [0, 0.1) is 5.41 Å².